The third-order valence-electron chi connectivity index (χ3n) is 3.22. The molecule has 4 nitrogen and oxygen atoms in total. The topological polar surface area (TPSA) is 67.6 Å². The Hall–Kier alpha value is -2.36. The molecular weight excluding hydrogens is 236 g/mol. The normalized spacial score (nSPS) is 11.3. The van der Waals surface area contributed by atoms with E-state index in [-0.39, 0.29) is 0 Å². The highest BCUT2D eigenvalue weighted by Gasteiger charge is 2.11. The van der Waals surface area contributed by atoms with Gasteiger partial charge in [0.1, 0.15) is 0 Å². The van der Waals surface area contributed by atoms with Crippen molar-refractivity contribution in [3.63, 3.8) is 0 Å². The van der Waals surface area contributed by atoms with E-state index in [1.54, 1.807) is 0 Å². The van der Waals surface area contributed by atoms with Crippen LogP contribution < -0.4 is 5.73 Å². The molecule has 0 saturated carbocycles. The molecule has 0 bridgehead atoms. The fourth-order valence-corrected chi connectivity index (χ4v) is 2.20. The Morgan fingerprint density at radius 3 is 2.74 bits per heavy atom. The Kier molecular flexibility index (Phi) is 2.71. The quantitative estimate of drug-likeness (QED) is 0.735. The fraction of sp³-hybridized carbons (Fsp3) is 0.200. The molecule has 96 valence electrons. The van der Waals surface area contributed by atoms with E-state index in [9.17, 15) is 0 Å². The Balaban J connectivity index is 2.21. The van der Waals surface area contributed by atoms with Crippen molar-refractivity contribution in [2.24, 2.45) is 0 Å². The lowest BCUT2D eigenvalue weighted by molar-refractivity contribution is 0.819. The number of fused-ring (bicyclic) bond motifs is 1. The van der Waals surface area contributed by atoms with Crippen LogP contribution in [0.25, 0.3) is 22.2 Å². The van der Waals surface area contributed by atoms with Crippen LogP contribution in [0.15, 0.2) is 36.5 Å². The number of hydrogen-bond acceptors (Lipinski definition) is 3. The molecule has 0 aliphatic rings. The predicted octanol–water partition coefficient (Wildman–Crippen LogP) is 3.33. The van der Waals surface area contributed by atoms with E-state index < -0.39 is 0 Å². The van der Waals surface area contributed by atoms with Crippen molar-refractivity contribution in [1.29, 1.82) is 0 Å². The maximum atomic E-state index is 5.81. The summed E-state index contributed by atoms with van der Waals surface area (Å²) in [7, 11) is 0. The van der Waals surface area contributed by atoms with Gasteiger partial charge in [-0.15, -0.1) is 0 Å². The van der Waals surface area contributed by atoms with Crippen LogP contribution in [0.5, 0.6) is 0 Å². The van der Waals surface area contributed by atoms with E-state index in [1.807, 2.05) is 30.5 Å². The van der Waals surface area contributed by atoms with Gasteiger partial charge in [-0.05, 0) is 18.1 Å². The van der Waals surface area contributed by atoms with Crippen LogP contribution in [0.4, 0.5) is 5.95 Å². The Bertz CT molecular complexity index is 728. The van der Waals surface area contributed by atoms with Crippen LogP contribution in [-0.4, -0.2) is 15.0 Å². The molecule has 2 heterocycles. The van der Waals surface area contributed by atoms with Gasteiger partial charge in [0.05, 0.1) is 5.69 Å². The largest absolute Gasteiger partial charge is 0.368 e. The van der Waals surface area contributed by atoms with Crippen LogP contribution in [-0.2, 0) is 0 Å². The highest BCUT2D eigenvalue weighted by atomic mass is 15.0. The number of nitrogens with two attached hydrogens (primary N) is 1. The molecule has 0 spiro atoms. The van der Waals surface area contributed by atoms with E-state index in [0.717, 1.165) is 27.9 Å². The van der Waals surface area contributed by atoms with Crippen molar-refractivity contribution in [2.45, 2.75) is 19.8 Å². The summed E-state index contributed by atoms with van der Waals surface area (Å²) in [5, 5.41) is 1.15. The van der Waals surface area contributed by atoms with Gasteiger partial charge in [-0.1, -0.05) is 32.0 Å². The number of rotatable bonds is 2. The second-order valence-corrected chi connectivity index (χ2v) is 4.94. The molecule has 1 aromatic carbocycles. The second-order valence-electron chi connectivity index (χ2n) is 4.94. The fourth-order valence-electron chi connectivity index (χ4n) is 2.20. The molecule has 19 heavy (non-hydrogen) atoms. The number of aromatic amines is 1. The molecule has 0 amide bonds. The maximum absolute atomic E-state index is 5.81. The number of aromatic nitrogens is 3. The van der Waals surface area contributed by atoms with Crippen LogP contribution in [0.1, 0.15) is 25.5 Å². The van der Waals surface area contributed by atoms with E-state index in [4.69, 9.17) is 5.73 Å². The van der Waals surface area contributed by atoms with Crippen molar-refractivity contribution in [2.75, 3.05) is 5.73 Å². The van der Waals surface area contributed by atoms with Crippen LogP contribution in [0.2, 0.25) is 0 Å². The highest BCUT2D eigenvalue weighted by molar-refractivity contribution is 5.94. The number of nitrogen functional groups attached to an aromatic ring is 1. The summed E-state index contributed by atoms with van der Waals surface area (Å²) in [5.41, 5.74) is 9.81. The molecule has 0 radical (unpaired) electrons. The number of nitrogens with zero attached hydrogens (tertiary/aromatic N) is 2. The van der Waals surface area contributed by atoms with Gasteiger partial charge >= 0.3 is 0 Å². The average Bonchev–Trinajstić information content (AvgIpc) is 2.81. The Labute approximate surface area is 111 Å². The van der Waals surface area contributed by atoms with Gasteiger partial charge in [0.2, 0.25) is 5.95 Å². The highest BCUT2D eigenvalue weighted by Crippen LogP contribution is 2.28. The van der Waals surface area contributed by atoms with Crippen LogP contribution in [0.3, 0.4) is 0 Å². The van der Waals surface area contributed by atoms with Gasteiger partial charge in [-0.25, -0.2) is 9.97 Å². The summed E-state index contributed by atoms with van der Waals surface area (Å²) < 4.78 is 0. The molecule has 2 aromatic heterocycles. The molecule has 0 aliphatic heterocycles. The smallest absolute Gasteiger partial charge is 0.220 e. The van der Waals surface area contributed by atoms with Crippen LogP contribution >= 0.6 is 0 Å². The molecule has 3 rings (SSSR count). The van der Waals surface area contributed by atoms with Gasteiger partial charge < -0.3 is 10.7 Å². The van der Waals surface area contributed by atoms with Gasteiger partial charge in [0, 0.05) is 28.4 Å². The first-order chi connectivity index (χ1) is 9.15. The predicted molar refractivity (Wildman–Crippen MR) is 77.8 cm³/mol. The molecule has 0 aliphatic carbocycles. The minimum atomic E-state index is 0.325. The molecule has 0 atom stereocenters. The van der Waals surface area contributed by atoms with E-state index >= 15 is 0 Å². The van der Waals surface area contributed by atoms with Crippen molar-refractivity contribution in [3.05, 3.63) is 42.2 Å². The molecule has 0 fully saturated rings. The van der Waals surface area contributed by atoms with Gasteiger partial charge in [-0.3, -0.25) is 0 Å². The monoisotopic (exact) mass is 252 g/mol. The lowest BCUT2D eigenvalue weighted by Gasteiger charge is -2.07. The van der Waals surface area contributed by atoms with Gasteiger partial charge in [0.25, 0.3) is 0 Å². The molecule has 3 aromatic rings. The SMILES string of the molecule is CC(C)c1cc(-c2c[nH]c3ccccc23)nc(N)n1. The lowest BCUT2D eigenvalue weighted by Crippen LogP contribution is -2.02. The van der Waals surface area contributed by atoms with Crippen molar-refractivity contribution in [1.82, 2.24) is 15.0 Å². The number of hydrogen-bond donors (Lipinski definition) is 2. The summed E-state index contributed by atoms with van der Waals surface area (Å²) in [6.45, 7) is 4.20. The molecular formula is C15H16N4. The third-order valence-corrected chi connectivity index (χ3v) is 3.22. The van der Waals surface area contributed by atoms with Crippen molar-refractivity contribution >= 4 is 16.9 Å². The molecule has 4 heteroatoms. The second kappa shape index (κ2) is 4.39. The summed E-state index contributed by atoms with van der Waals surface area (Å²) in [5.74, 6) is 0.653. The maximum Gasteiger partial charge on any atom is 0.220 e. The zero-order valence-electron chi connectivity index (χ0n) is 11.0. The first-order valence-corrected chi connectivity index (χ1v) is 6.36. The summed E-state index contributed by atoms with van der Waals surface area (Å²) in [6.07, 6.45) is 1.97. The van der Waals surface area contributed by atoms with Gasteiger partial charge in [-0.2, -0.15) is 0 Å². The number of nitrogens with one attached hydrogen (secondary N) is 1. The summed E-state index contributed by atoms with van der Waals surface area (Å²) in [6, 6.07) is 10.2. The number of H-pyrrole nitrogens is 1. The zero-order chi connectivity index (χ0) is 13.4. The summed E-state index contributed by atoms with van der Waals surface area (Å²) in [4.78, 5) is 11.9. The standard InChI is InChI=1S/C15H16N4/c1-9(2)13-7-14(19-15(16)18-13)11-8-17-12-6-4-3-5-10(11)12/h3-9,17H,1-2H3,(H2,16,18,19). The van der Waals surface area contributed by atoms with E-state index in [2.05, 4.69) is 34.9 Å². The lowest BCUT2D eigenvalue weighted by atomic mass is 10.1. The molecule has 0 unspecified atom stereocenters. The van der Waals surface area contributed by atoms with Crippen molar-refractivity contribution < 1.29 is 0 Å². The first kappa shape index (κ1) is 11.7. The number of benzene rings is 1. The summed E-state index contributed by atoms with van der Waals surface area (Å²) >= 11 is 0. The van der Waals surface area contributed by atoms with E-state index in [1.165, 1.54) is 0 Å². The zero-order valence-corrected chi connectivity index (χ0v) is 11.0. The Morgan fingerprint density at radius 2 is 1.95 bits per heavy atom. The minimum absolute atomic E-state index is 0.325. The number of para-hydroxylation sites is 1. The third kappa shape index (κ3) is 2.05. The minimum Gasteiger partial charge on any atom is -0.368 e. The average molecular weight is 252 g/mol. The van der Waals surface area contributed by atoms with Crippen molar-refractivity contribution in [3.8, 4) is 11.3 Å². The molecule has 3 N–H and O–H groups in total. The Morgan fingerprint density at radius 1 is 1.16 bits per heavy atom. The van der Waals surface area contributed by atoms with Crippen LogP contribution in [0, 0.1) is 0 Å². The first-order valence-electron chi connectivity index (χ1n) is 6.36. The molecule has 0 saturated heterocycles. The number of anilines is 1. The van der Waals surface area contributed by atoms with Gasteiger partial charge in [0.15, 0.2) is 0 Å². The van der Waals surface area contributed by atoms with E-state index in [0.29, 0.717) is 11.9 Å².